The summed E-state index contributed by atoms with van der Waals surface area (Å²) in [6.07, 6.45) is 2.47. The van der Waals surface area contributed by atoms with E-state index in [0.717, 1.165) is 25.0 Å². The Morgan fingerprint density at radius 2 is 2.04 bits per heavy atom. The zero-order valence-corrected chi connectivity index (χ0v) is 13.8. The van der Waals surface area contributed by atoms with E-state index in [1.807, 2.05) is 6.92 Å². The summed E-state index contributed by atoms with van der Waals surface area (Å²) in [6, 6.07) is 6.06. The molecule has 0 aliphatic heterocycles. The summed E-state index contributed by atoms with van der Waals surface area (Å²) < 4.78 is 27.7. The van der Waals surface area contributed by atoms with Gasteiger partial charge < -0.3 is 5.32 Å². The molecule has 1 aliphatic rings. The normalized spacial score (nSPS) is 15.0. The number of halogens is 2. The Morgan fingerprint density at radius 3 is 2.68 bits per heavy atom. The first-order valence-corrected chi connectivity index (χ1v) is 8.32. The summed E-state index contributed by atoms with van der Waals surface area (Å²) in [5.74, 6) is -1.81. The van der Waals surface area contributed by atoms with Gasteiger partial charge in [-0.3, -0.25) is 9.59 Å². The van der Waals surface area contributed by atoms with Crippen molar-refractivity contribution in [1.82, 2.24) is 15.1 Å². The number of hydrogen-bond donors (Lipinski definition) is 1. The van der Waals surface area contributed by atoms with Gasteiger partial charge >= 0.3 is 0 Å². The lowest BCUT2D eigenvalue weighted by atomic mass is 10.1. The van der Waals surface area contributed by atoms with Crippen LogP contribution in [0.2, 0.25) is 0 Å². The van der Waals surface area contributed by atoms with E-state index in [1.54, 1.807) is 0 Å². The SMILES string of the molecule is CC[C@H](Cn1nc(-c2ccc(F)c(F)c2)ccc1=O)NC(=O)C1CC1. The molecule has 0 saturated heterocycles. The van der Waals surface area contributed by atoms with Crippen LogP contribution in [-0.4, -0.2) is 21.7 Å². The average molecular weight is 347 g/mol. The van der Waals surface area contributed by atoms with Crippen LogP contribution < -0.4 is 10.9 Å². The van der Waals surface area contributed by atoms with Crippen molar-refractivity contribution >= 4 is 5.91 Å². The maximum absolute atomic E-state index is 13.4. The molecule has 1 saturated carbocycles. The van der Waals surface area contributed by atoms with Crippen molar-refractivity contribution in [2.45, 2.75) is 38.8 Å². The second-order valence-electron chi connectivity index (χ2n) is 6.26. The summed E-state index contributed by atoms with van der Waals surface area (Å²) in [5.41, 5.74) is 0.426. The van der Waals surface area contributed by atoms with Crippen LogP contribution in [0.1, 0.15) is 26.2 Å². The number of hydrogen-bond acceptors (Lipinski definition) is 3. The van der Waals surface area contributed by atoms with Crippen LogP contribution in [0.3, 0.4) is 0 Å². The van der Waals surface area contributed by atoms with Crippen molar-refractivity contribution < 1.29 is 13.6 Å². The van der Waals surface area contributed by atoms with Crippen molar-refractivity contribution in [3.8, 4) is 11.3 Å². The summed E-state index contributed by atoms with van der Waals surface area (Å²) >= 11 is 0. The van der Waals surface area contributed by atoms with Crippen LogP contribution in [0.4, 0.5) is 8.78 Å². The van der Waals surface area contributed by atoms with Gasteiger partial charge in [-0.1, -0.05) is 6.92 Å². The highest BCUT2D eigenvalue weighted by Gasteiger charge is 2.30. The fourth-order valence-electron chi connectivity index (χ4n) is 2.54. The summed E-state index contributed by atoms with van der Waals surface area (Å²) in [4.78, 5) is 24.0. The topological polar surface area (TPSA) is 64.0 Å². The summed E-state index contributed by atoms with van der Waals surface area (Å²) in [7, 11) is 0. The lowest BCUT2D eigenvalue weighted by molar-refractivity contribution is -0.123. The third kappa shape index (κ3) is 4.10. The van der Waals surface area contributed by atoms with Gasteiger partial charge in [-0.25, -0.2) is 13.5 Å². The number of rotatable bonds is 6. The molecule has 1 atom stereocenters. The molecule has 0 bridgehead atoms. The summed E-state index contributed by atoms with van der Waals surface area (Å²) in [5, 5.41) is 7.16. The van der Waals surface area contributed by atoms with Crippen LogP contribution in [0, 0.1) is 17.6 Å². The second-order valence-corrected chi connectivity index (χ2v) is 6.26. The molecular weight excluding hydrogens is 328 g/mol. The molecule has 132 valence electrons. The van der Waals surface area contributed by atoms with Gasteiger partial charge in [0.15, 0.2) is 11.6 Å². The van der Waals surface area contributed by atoms with Gasteiger partial charge in [-0.2, -0.15) is 5.10 Å². The molecule has 7 heteroatoms. The van der Waals surface area contributed by atoms with E-state index in [0.29, 0.717) is 17.7 Å². The maximum Gasteiger partial charge on any atom is 0.266 e. The molecule has 0 radical (unpaired) electrons. The van der Waals surface area contributed by atoms with E-state index in [2.05, 4.69) is 10.4 Å². The highest BCUT2D eigenvalue weighted by atomic mass is 19.2. The van der Waals surface area contributed by atoms with Crippen LogP contribution in [0.5, 0.6) is 0 Å². The number of amides is 1. The number of carbonyl (C=O) groups is 1. The molecule has 1 N–H and O–H groups in total. The molecule has 1 aromatic heterocycles. The van der Waals surface area contributed by atoms with Crippen molar-refractivity contribution in [2.24, 2.45) is 5.92 Å². The van der Waals surface area contributed by atoms with E-state index >= 15 is 0 Å². The molecule has 5 nitrogen and oxygen atoms in total. The van der Waals surface area contributed by atoms with Crippen molar-refractivity contribution in [3.63, 3.8) is 0 Å². The van der Waals surface area contributed by atoms with E-state index in [-0.39, 0.29) is 30.0 Å². The second kappa shape index (κ2) is 7.13. The first kappa shape index (κ1) is 17.3. The standard InChI is InChI=1S/C18H19F2N3O2/c1-2-13(21-18(25)11-3-4-11)10-23-17(24)8-7-16(22-23)12-5-6-14(19)15(20)9-12/h5-9,11,13H,2-4,10H2,1H3,(H,21,25)/t13-/m1/s1. The van der Waals surface area contributed by atoms with E-state index < -0.39 is 11.6 Å². The van der Waals surface area contributed by atoms with Crippen molar-refractivity contribution in [2.75, 3.05) is 0 Å². The van der Waals surface area contributed by atoms with Crippen LogP contribution in [0.25, 0.3) is 11.3 Å². The quantitative estimate of drug-likeness (QED) is 0.873. The zero-order valence-electron chi connectivity index (χ0n) is 13.8. The molecule has 3 rings (SSSR count). The van der Waals surface area contributed by atoms with Crippen LogP contribution >= 0.6 is 0 Å². The Bertz CT molecular complexity index is 846. The number of nitrogens with one attached hydrogen (secondary N) is 1. The number of benzene rings is 1. The zero-order chi connectivity index (χ0) is 18.0. The Morgan fingerprint density at radius 1 is 1.28 bits per heavy atom. The number of nitrogens with zero attached hydrogens (tertiary/aromatic N) is 2. The highest BCUT2D eigenvalue weighted by molar-refractivity contribution is 5.81. The molecule has 1 heterocycles. The molecule has 1 fully saturated rings. The van der Waals surface area contributed by atoms with Gasteiger partial charge in [-0.05, 0) is 43.5 Å². The molecular formula is C18H19F2N3O2. The minimum Gasteiger partial charge on any atom is -0.351 e. The Balaban J connectivity index is 1.81. The first-order valence-electron chi connectivity index (χ1n) is 8.32. The van der Waals surface area contributed by atoms with Gasteiger partial charge in [0.05, 0.1) is 12.2 Å². The molecule has 25 heavy (non-hydrogen) atoms. The van der Waals surface area contributed by atoms with Crippen molar-refractivity contribution in [1.29, 1.82) is 0 Å². The van der Waals surface area contributed by atoms with Crippen molar-refractivity contribution in [3.05, 3.63) is 52.3 Å². The van der Waals surface area contributed by atoms with E-state index in [1.165, 1.54) is 22.9 Å². The molecule has 2 aromatic rings. The molecule has 0 spiro atoms. The predicted molar refractivity (Wildman–Crippen MR) is 88.8 cm³/mol. The smallest absolute Gasteiger partial charge is 0.266 e. The van der Waals surface area contributed by atoms with Gasteiger partial charge in [0.1, 0.15) is 0 Å². The fourth-order valence-corrected chi connectivity index (χ4v) is 2.54. The van der Waals surface area contributed by atoms with Crippen LogP contribution in [-0.2, 0) is 11.3 Å². The van der Waals surface area contributed by atoms with E-state index in [4.69, 9.17) is 0 Å². The van der Waals surface area contributed by atoms with Gasteiger partial charge in [0.2, 0.25) is 5.91 Å². The van der Waals surface area contributed by atoms with E-state index in [9.17, 15) is 18.4 Å². The third-order valence-electron chi connectivity index (χ3n) is 4.26. The monoisotopic (exact) mass is 347 g/mol. The largest absolute Gasteiger partial charge is 0.351 e. The number of aromatic nitrogens is 2. The van der Waals surface area contributed by atoms with Gasteiger partial charge in [-0.15, -0.1) is 0 Å². The van der Waals surface area contributed by atoms with Gasteiger partial charge in [0.25, 0.3) is 5.56 Å². The average Bonchev–Trinajstić information content (AvgIpc) is 3.43. The molecule has 0 unspecified atom stereocenters. The lowest BCUT2D eigenvalue weighted by Crippen LogP contribution is -2.41. The first-order chi connectivity index (χ1) is 12.0. The Kier molecular flexibility index (Phi) is 4.92. The fraction of sp³-hybridized carbons (Fsp3) is 0.389. The minimum atomic E-state index is -0.972. The number of carbonyl (C=O) groups excluding carboxylic acids is 1. The molecule has 1 aromatic carbocycles. The minimum absolute atomic E-state index is 0.0108. The Hall–Kier alpha value is -2.57. The predicted octanol–water partition coefficient (Wildman–Crippen LogP) is 2.49. The molecule has 1 amide bonds. The summed E-state index contributed by atoms with van der Waals surface area (Å²) in [6.45, 7) is 2.15. The van der Waals surface area contributed by atoms with Crippen LogP contribution in [0.15, 0.2) is 35.1 Å². The maximum atomic E-state index is 13.4. The Labute approximate surface area is 143 Å². The lowest BCUT2D eigenvalue weighted by Gasteiger charge is -2.18. The molecule has 1 aliphatic carbocycles. The highest BCUT2D eigenvalue weighted by Crippen LogP contribution is 2.29. The third-order valence-corrected chi connectivity index (χ3v) is 4.26. The van der Waals surface area contributed by atoms with Gasteiger partial charge in [0, 0.05) is 23.6 Å².